The van der Waals surface area contributed by atoms with Gasteiger partial charge in [-0.1, -0.05) is 25.7 Å². The smallest absolute Gasteiger partial charge is 0.223 e. The van der Waals surface area contributed by atoms with E-state index in [9.17, 15) is 4.79 Å². The minimum atomic E-state index is 0. The van der Waals surface area contributed by atoms with Crippen LogP contribution in [0.4, 0.5) is 0 Å². The topological polar surface area (TPSA) is 50.4 Å². The van der Waals surface area contributed by atoms with Gasteiger partial charge in [0.1, 0.15) is 0 Å². The molecule has 2 rings (SSSR count). The Hall–Kier alpha value is -0.320. The van der Waals surface area contributed by atoms with Crippen LogP contribution < -0.4 is 10.6 Å². The molecule has 0 radical (unpaired) electrons. The quantitative estimate of drug-likeness (QED) is 0.605. The second-order valence-corrected chi connectivity index (χ2v) is 6.35. The van der Waals surface area contributed by atoms with Crippen LogP contribution in [0.1, 0.15) is 58.3 Å². The van der Waals surface area contributed by atoms with Crippen molar-refractivity contribution in [3.05, 3.63) is 0 Å². The summed E-state index contributed by atoms with van der Waals surface area (Å²) in [6, 6.07) is 0.460. The van der Waals surface area contributed by atoms with Gasteiger partial charge in [0, 0.05) is 18.5 Å². The maximum absolute atomic E-state index is 12.1. The molecule has 0 aromatic rings. The number of piperidine rings is 1. The Labute approximate surface area is 135 Å². The maximum Gasteiger partial charge on any atom is 0.223 e. The SMILES string of the molecule is C[C@H]1C[C@@H](C(=O)NCCOC2CCCCCC2)CCN1.Cl. The van der Waals surface area contributed by atoms with Gasteiger partial charge in [0.2, 0.25) is 5.91 Å². The van der Waals surface area contributed by atoms with Crippen LogP contribution in [0.2, 0.25) is 0 Å². The number of halogens is 1. The predicted molar refractivity (Wildman–Crippen MR) is 87.9 cm³/mol. The molecule has 1 aliphatic heterocycles. The number of amides is 1. The summed E-state index contributed by atoms with van der Waals surface area (Å²) < 4.78 is 5.89. The Kier molecular flexibility index (Phi) is 9.29. The second kappa shape index (κ2) is 10.4. The number of carbonyl (C=O) groups excluding carboxylic acids is 1. The molecule has 1 heterocycles. The van der Waals surface area contributed by atoms with Crippen LogP contribution in [-0.2, 0) is 9.53 Å². The first-order chi connectivity index (χ1) is 9.75. The van der Waals surface area contributed by atoms with Gasteiger partial charge in [0.25, 0.3) is 0 Å². The lowest BCUT2D eigenvalue weighted by molar-refractivity contribution is -0.126. The molecular formula is C16H31ClN2O2. The molecule has 0 aromatic heterocycles. The molecule has 0 unspecified atom stereocenters. The fourth-order valence-corrected chi connectivity index (χ4v) is 3.32. The molecule has 0 spiro atoms. The molecule has 2 aliphatic rings. The van der Waals surface area contributed by atoms with Gasteiger partial charge in [-0.05, 0) is 39.2 Å². The van der Waals surface area contributed by atoms with E-state index in [1.165, 1.54) is 38.5 Å². The van der Waals surface area contributed by atoms with Crippen LogP contribution in [-0.4, -0.2) is 37.7 Å². The molecule has 124 valence electrons. The molecule has 2 atom stereocenters. The third-order valence-electron chi connectivity index (χ3n) is 4.55. The number of hydrogen-bond acceptors (Lipinski definition) is 3. The highest BCUT2D eigenvalue weighted by Gasteiger charge is 2.24. The van der Waals surface area contributed by atoms with Crippen molar-refractivity contribution in [3.63, 3.8) is 0 Å². The van der Waals surface area contributed by atoms with Gasteiger partial charge >= 0.3 is 0 Å². The summed E-state index contributed by atoms with van der Waals surface area (Å²) in [6.45, 7) is 4.43. The molecule has 2 fully saturated rings. The summed E-state index contributed by atoms with van der Waals surface area (Å²) >= 11 is 0. The van der Waals surface area contributed by atoms with E-state index in [1.807, 2.05) is 0 Å². The lowest BCUT2D eigenvalue weighted by atomic mass is 9.92. The zero-order chi connectivity index (χ0) is 14.2. The lowest BCUT2D eigenvalue weighted by Gasteiger charge is -2.27. The van der Waals surface area contributed by atoms with Crippen molar-refractivity contribution in [2.75, 3.05) is 19.7 Å². The summed E-state index contributed by atoms with van der Waals surface area (Å²) in [7, 11) is 0. The van der Waals surface area contributed by atoms with Crippen LogP contribution >= 0.6 is 12.4 Å². The van der Waals surface area contributed by atoms with Crippen molar-refractivity contribution >= 4 is 18.3 Å². The summed E-state index contributed by atoms with van der Waals surface area (Å²) in [5, 5.41) is 6.41. The number of nitrogens with one attached hydrogen (secondary N) is 2. The first-order valence-corrected chi connectivity index (χ1v) is 8.38. The van der Waals surface area contributed by atoms with Crippen LogP contribution in [0.15, 0.2) is 0 Å². The van der Waals surface area contributed by atoms with Gasteiger partial charge in [0.05, 0.1) is 12.7 Å². The zero-order valence-electron chi connectivity index (χ0n) is 13.2. The Balaban J connectivity index is 0.00000220. The predicted octanol–water partition coefficient (Wildman–Crippen LogP) is 2.65. The van der Waals surface area contributed by atoms with Gasteiger partial charge in [-0.15, -0.1) is 12.4 Å². The van der Waals surface area contributed by atoms with Crippen molar-refractivity contribution in [3.8, 4) is 0 Å². The van der Waals surface area contributed by atoms with E-state index in [0.717, 1.165) is 19.4 Å². The van der Waals surface area contributed by atoms with Gasteiger partial charge in [-0.25, -0.2) is 0 Å². The van der Waals surface area contributed by atoms with E-state index in [4.69, 9.17) is 4.74 Å². The number of hydrogen-bond donors (Lipinski definition) is 2. The minimum Gasteiger partial charge on any atom is -0.376 e. The molecule has 2 N–H and O–H groups in total. The molecule has 1 amide bonds. The largest absolute Gasteiger partial charge is 0.376 e. The number of ether oxygens (including phenoxy) is 1. The van der Waals surface area contributed by atoms with E-state index in [1.54, 1.807) is 0 Å². The Morgan fingerprint density at radius 3 is 2.57 bits per heavy atom. The van der Waals surface area contributed by atoms with Crippen molar-refractivity contribution in [2.24, 2.45) is 5.92 Å². The molecule has 1 saturated carbocycles. The molecule has 4 nitrogen and oxygen atoms in total. The monoisotopic (exact) mass is 318 g/mol. The Morgan fingerprint density at radius 1 is 1.19 bits per heavy atom. The first-order valence-electron chi connectivity index (χ1n) is 8.38. The summed E-state index contributed by atoms with van der Waals surface area (Å²) in [4.78, 5) is 12.1. The molecule has 21 heavy (non-hydrogen) atoms. The van der Waals surface area contributed by atoms with Crippen molar-refractivity contribution < 1.29 is 9.53 Å². The fraction of sp³-hybridized carbons (Fsp3) is 0.938. The van der Waals surface area contributed by atoms with Crippen LogP contribution in [0.5, 0.6) is 0 Å². The van der Waals surface area contributed by atoms with Crippen molar-refractivity contribution in [1.82, 2.24) is 10.6 Å². The van der Waals surface area contributed by atoms with E-state index < -0.39 is 0 Å². The maximum atomic E-state index is 12.1. The summed E-state index contributed by atoms with van der Waals surface area (Å²) in [6.07, 6.45) is 10.0. The van der Waals surface area contributed by atoms with E-state index >= 15 is 0 Å². The van der Waals surface area contributed by atoms with Crippen molar-refractivity contribution in [2.45, 2.75) is 70.4 Å². The van der Waals surface area contributed by atoms with Crippen LogP contribution in [0, 0.1) is 5.92 Å². The van der Waals surface area contributed by atoms with E-state index in [2.05, 4.69) is 17.6 Å². The van der Waals surface area contributed by atoms with E-state index in [-0.39, 0.29) is 24.2 Å². The Morgan fingerprint density at radius 2 is 1.90 bits per heavy atom. The molecular weight excluding hydrogens is 288 g/mol. The molecule has 0 bridgehead atoms. The average molecular weight is 319 g/mol. The second-order valence-electron chi connectivity index (χ2n) is 6.35. The molecule has 1 aliphatic carbocycles. The van der Waals surface area contributed by atoms with E-state index in [0.29, 0.717) is 25.3 Å². The van der Waals surface area contributed by atoms with Crippen LogP contribution in [0.3, 0.4) is 0 Å². The number of rotatable bonds is 5. The normalized spacial score (nSPS) is 27.5. The molecule has 0 aromatic carbocycles. The van der Waals surface area contributed by atoms with Gasteiger partial charge < -0.3 is 15.4 Å². The highest BCUT2D eigenvalue weighted by Crippen LogP contribution is 2.19. The van der Waals surface area contributed by atoms with Crippen LogP contribution in [0.25, 0.3) is 0 Å². The fourth-order valence-electron chi connectivity index (χ4n) is 3.32. The molecule has 5 heteroatoms. The lowest BCUT2D eigenvalue weighted by Crippen LogP contribution is -2.43. The molecule has 1 saturated heterocycles. The highest BCUT2D eigenvalue weighted by molar-refractivity contribution is 5.85. The third-order valence-corrected chi connectivity index (χ3v) is 4.55. The summed E-state index contributed by atoms with van der Waals surface area (Å²) in [5.41, 5.74) is 0. The summed E-state index contributed by atoms with van der Waals surface area (Å²) in [5.74, 6) is 0.395. The first kappa shape index (κ1) is 18.7. The van der Waals surface area contributed by atoms with Crippen molar-refractivity contribution in [1.29, 1.82) is 0 Å². The average Bonchev–Trinajstić information content (AvgIpc) is 2.72. The third kappa shape index (κ3) is 6.98. The van der Waals surface area contributed by atoms with Gasteiger partial charge in [0.15, 0.2) is 0 Å². The zero-order valence-corrected chi connectivity index (χ0v) is 14.1. The standard InChI is InChI=1S/C16H30N2O2.ClH/c1-13-12-14(8-9-17-13)16(19)18-10-11-20-15-6-4-2-3-5-7-15;/h13-15,17H,2-12H2,1H3,(H,18,19);1H/t13-,14-;/m0./s1. The Bertz CT molecular complexity index is 294. The van der Waals surface area contributed by atoms with Gasteiger partial charge in [-0.3, -0.25) is 4.79 Å². The minimum absolute atomic E-state index is 0. The van der Waals surface area contributed by atoms with Gasteiger partial charge in [-0.2, -0.15) is 0 Å². The highest BCUT2D eigenvalue weighted by atomic mass is 35.5. The number of carbonyl (C=O) groups is 1.